The summed E-state index contributed by atoms with van der Waals surface area (Å²) in [6, 6.07) is 84.3. The van der Waals surface area contributed by atoms with Gasteiger partial charge in [0, 0.05) is 22.4 Å². The lowest BCUT2D eigenvalue weighted by atomic mass is 9.34. The zero-order valence-corrected chi connectivity index (χ0v) is 42.9. The fraction of sp³-hybridized carbons (Fsp3) is 0.0870. The Labute approximate surface area is 436 Å². The molecule has 10 aromatic carbocycles. The molecule has 0 unspecified atom stereocenters. The molecule has 11 rings (SSSR count). The third-order valence-corrected chi connectivity index (χ3v) is 14.3. The van der Waals surface area contributed by atoms with Crippen LogP contribution in [0, 0.1) is 41.5 Å². The molecule has 0 radical (unpaired) electrons. The van der Waals surface area contributed by atoms with Crippen LogP contribution in [0.1, 0.15) is 33.4 Å². The Morgan fingerprint density at radius 2 is 0.676 bits per heavy atom. The van der Waals surface area contributed by atoms with Crippen LogP contribution in [0.3, 0.4) is 0 Å². The van der Waals surface area contributed by atoms with Gasteiger partial charge in [-0.2, -0.15) is 9.97 Å². The van der Waals surface area contributed by atoms with Crippen LogP contribution in [0.2, 0.25) is 0 Å². The third kappa shape index (κ3) is 9.49. The van der Waals surface area contributed by atoms with Gasteiger partial charge < -0.3 is 0 Å². The first-order chi connectivity index (χ1) is 36.2. The number of aromatic nitrogens is 3. The molecule has 5 heteroatoms. The lowest BCUT2D eigenvalue weighted by Crippen LogP contribution is -2.55. The van der Waals surface area contributed by atoms with Crippen molar-refractivity contribution in [2.45, 2.75) is 41.5 Å². The second kappa shape index (κ2) is 20.7. The summed E-state index contributed by atoms with van der Waals surface area (Å²) in [6.07, 6.45) is 0. The molecule has 0 aliphatic heterocycles. The van der Waals surface area contributed by atoms with Gasteiger partial charge in [-0.1, -0.05) is 268 Å². The van der Waals surface area contributed by atoms with Crippen LogP contribution in [0.4, 0.5) is 17.3 Å². The molecule has 0 saturated carbocycles. The van der Waals surface area contributed by atoms with Crippen molar-refractivity contribution in [2.75, 3.05) is 4.90 Å². The van der Waals surface area contributed by atoms with E-state index in [0.29, 0.717) is 17.6 Å². The smallest absolute Gasteiger partial charge is 0.242 e. The first-order valence-electron chi connectivity index (χ1n) is 25.5. The molecule has 0 bridgehead atoms. The average molecular weight is 953 g/mol. The highest BCUT2D eigenvalue weighted by molar-refractivity contribution is 6.96. The molecule has 1 heterocycles. The number of hydrogen-bond acceptors (Lipinski definition) is 4. The summed E-state index contributed by atoms with van der Waals surface area (Å²) in [5, 5.41) is 0. The summed E-state index contributed by atoms with van der Waals surface area (Å²) >= 11 is 0. The van der Waals surface area contributed by atoms with Gasteiger partial charge in [-0.15, -0.1) is 0 Å². The van der Waals surface area contributed by atoms with E-state index in [1.807, 2.05) is 0 Å². The van der Waals surface area contributed by atoms with Crippen LogP contribution < -0.4 is 21.3 Å². The van der Waals surface area contributed by atoms with Gasteiger partial charge in [0.1, 0.15) is 0 Å². The summed E-state index contributed by atoms with van der Waals surface area (Å²) in [6.45, 7) is 13.5. The molecular weight excluding hydrogens is 896 g/mol. The second-order valence-electron chi connectivity index (χ2n) is 19.6. The van der Waals surface area contributed by atoms with Gasteiger partial charge in [-0.25, -0.2) is 4.98 Å². The topological polar surface area (TPSA) is 41.9 Å². The highest BCUT2D eigenvalue weighted by Gasteiger charge is 2.30. The minimum atomic E-state index is 0.0165. The quantitative estimate of drug-likeness (QED) is 0.114. The maximum Gasteiger partial charge on any atom is 0.242 e. The van der Waals surface area contributed by atoms with E-state index in [1.54, 1.807) is 0 Å². The summed E-state index contributed by atoms with van der Waals surface area (Å²) in [5.41, 5.74) is 24.2. The Morgan fingerprint density at radius 3 is 1.16 bits per heavy atom. The first kappa shape index (κ1) is 47.4. The van der Waals surface area contributed by atoms with Crippen molar-refractivity contribution in [3.63, 3.8) is 0 Å². The molecule has 0 atom stereocenters. The Hall–Kier alpha value is -8.93. The van der Waals surface area contributed by atoms with Crippen molar-refractivity contribution in [2.24, 2.45) is 0 Å². The monoisotopic (exact) mass is 952 g/mol. The molecule has 4 nitrogen and oxygen atoms in total. The van der Waals surface area contributed by atoms with E-state index in [1.165, 1.54) is 60.9 Å². The summed E-state index contributed by atoms with van der Waals surface area (Å²) in [7, 11) is 0. The largest absolute Gasteiger partial charge is 0.278 e. The summed E-state index contributed by atoms with van der Waals surface area (Å²) < 4.78 is 0. The Kier molecular flexibility index (Phi) is 13.2. The normalized spacial score (nSPS) is 11.1. The van der Waals surface area contributed by atoms with Crippen molar-refractivity contribution >= 4 is 40.4 Å². The maximum atomic E-state index is 5.53. The zero-order valence-electron chi connectivity index (χ0n) is 42.9. The fourth-order valence-corrected chi connectivity index (χ4v) is 11.1. The van der Waals surface area contributed by atoms with Gasteiger partial charge in [0.05, 0.1) is 5.69 Å². The molecule has 0 spiro atoms. The van der Waals surface area contributed by atoms with Gasteiger partial charge in [-0.3, -0.25) is 4.90 Å². The molecule has 11 aromatic rings. The summed E-state index contributed by atoms with van der Waals surface area (Å²) in [4.78, 5) is 18.6. The molecule has 0 aliphatic carbocycles. The highest BCUT2D eigenvalue weighted by atomic mass is 15.3. The molecule has 0 N–H and O–H groups in total. The number of hydrogen-bond donors (Lipinski definition) is 0. The summed E-state index contributed by atoms with van der Waals surface area (Å²) in [5.74, 6) is 1.66. The molecule has 356 valence electrons. The van der Waals surface area contributed by atoms with Gasteiger partial charge in [0.2, 0.25) is 12.7 Å². The van der Waals surface area contributed by atoms with Gasteiger partial charge in [0.15, 0.2) is 11.6 Å². The standard InChI is InChI=1S/C69H57BN4/c1-46-42-48(3)65(49(4)43-46)70(66-50(5)44-47(2)45-51(66)6)57-38-40-58(41-39-57)74(64-33-21-20-31-62(64)54-26-14-9-15-27-54)69-72-67(71-68(73-69)63-32-19-18-30-61(63)53-24-12-8-13-25-53)56-36-34-55(35-37-56)60-29-17-16-28-59(60)52-22-10-7-11-23-52/h7-45H,1-6H3. The third-order valence-electron chi connectivity index (χ3n) is 14.3. The number of rotatable bonds is 12. The van der Waals surface area contributed by atoms with Crippen molar-refractivity contribution in [3.05, 3.63) is 270 Å². The molecule has 0 fully saturated rings. The van der Waals surface area contributed by atoms with Crippen molar-refractivity contribution in [1.29, 1.82) is 0 Å². The minimum Gasteiger partial charge on any atom is -0.278 e. The lowest BCUT2D eigenvalue weighted by Gasteiger charge is -2.28. The van der Waals surface area contributed by atoms with E-state index < -0.39 is 0 Å². The molecule has 0 saturated heterocycles. The number of nitrogens with zero attached hydrogens (tertiary/aromatic N) is 4. The van der Waals surface area contributed by atoms with Gasteiger partial charge >= 0.3 is 0 Å². The van der Waals surface area contributed by atoms with Crippen molar-refractivity contribution in [3.8, 4) is 67.3 Å². The molecule has 74 heavy (non-hydrogen) atoms. The SMILES string of the molecule is Cc1cc(C)c(B(c2ccc(N(c3nc(-c4ccc(-c5ccccc5-c5ccccc5)cc4)nc(-c4ccccc4-c4ccccc4)n3)c3ccccc3-c3ccccc3)cc2)c2c(C)cc(C)cc2C)c(C)c1. The predicted octanol–water partition coefficient (Wildman–Crippen LogP) is 15.7. The van der Waals surface area contributed by atoms with E-state index in [0.717, 1.165) is 55.9 Å². The highest BCUT2D eigenvalue weighted by Crippen LogP contribution is 2.41. The molecular formula is C69H57BN4. The number of para-hydroxylation sites is 1. The fourth-order valence-electron chi connectivity index (χ4n) is 11.1. The van der Waals surface area contributed by atoms with Crippen molar-refractivity contribution < 1.29 is 0 Å². The Balaban J connectivity index is 1.12. The number of anilines is 3. The van der Waals surface area contributed by atoms with Crippen LogP contribution in [0.25, 0.3) is 67.3 Å². The van der Waals surface area contributed by atoms with Crippen LogP contribution in [0.15, 0.2) is 237 Å². The average Bonchev–Trinajstić information content (AvgIpc) is 3.43. The lowest BCUT2D eigenvalue weighted by molar-refractivity contribution is 1.02. The van der Waals surface area contributed by atoms with Crippen LogP contribution in [0.5, 0.6) is 0 Å². The molecule has 0 aliphatic rings. The van der Waals surface area contributed by atoms with Crippen molar-refractivity contribution in [1.82, 2.24) is 15.0 Å². The van der Waals surface area contributed by atoms with Gasteiger partial charge in [-0.05, 0) is 98.7 Å². The van der Waals surface area contributed by atoms with E-state index in [-0.39, 0.29) is 6.71 Å². The Bertz CT molecular complexity index is 3670. The molecule has 0 amide bonds. The Morgan fingerprint density at radius 1 is 0.311 bits per heavy atom. The molecule has 1 aromatic heterocycles. The van der Waals surface area contributed by atoms with E-state index in [4.69, 9.17) is 15.0 Å². The van der Waals surface area contributed by atoms with E-state index in [9.17, 15) is 0 Å². The van der Waals surface area contributed by atoms with E-state index >= 15 is 0 Å². The zero-order chi connectivity index (χ0) is 50.7. The second-order valence-corrected chi connectivity index (χ2v) is 19.6. The minimum absolute atomic E-state index is 0.0165. The predicted molar refractivity (Wildman–Crippen MR) is 313 cm³/mol. The van der Waals surface area contributed by atoms with Crippen LogP contribution in [-0.2, 0) is 0 Å². The van der Waals surface area contributed by atoms with E-state index in [2.05, 4.69) is 283 Å². The number of benzene rings is 10. The van der Waals surface area contributed by atoms with Crippen LogP contribution >= 0.6 is 0 Å². The first-order valence-corrected chi connectivity index (χ1v) is 25.5. The van der Waals surface area contributed by atoms with Crippen LogP contribution in [-0.4, -0.2) is 21.7 Å². The maximum absolute atomic E-state index is 5.53. The van der Waals surface area contributed by atoms with Gasteiger partial charge in [0.25, 0.3) is 0 Å². The number of aryl methyl sites for hydroxylation is 6.